The Bertz CT molecular complexity index is 1100. The van der Waals surface area contributed by atoms with Crippen LogP contribution in [-0.2, 0) is 10.0 Å². The molecule has 0 amide bonds. The number of quaternary nitrogens is 1. The van der Waals surface area contributed by atoms with Gasteiger partial charge in [0.1, 0.15) is 17.5 Å². The van der Waals surface area contributed by atoms with Crippen LogP contribution in [0.3, 0.4) is 0 Å². The first kappa shape index (κ1) is 23.3. The van der Waals surface area contributed by atoms with E-state index in [-0.39, 0.29) is 23.0 Å². The van der Waals surface area contributed by atoms with Crippen molar-refractivity contribution in [3.8, 4) is 11.5 Å². The van der Waals surface area contributed by atoms with Crippen LogP contribution in [0.5, 0.6) is 11.5 Å². The summed E-state index contributed by atoms with van der Waals surface area (Å²) in [4.78, 5) is 0. The van der Waals surface area contributed by atoms with Gasteiger partial charge in [-0.05, 0) is 54.9 Å². The third-order valence-electron chi connectivity index (χ3n) is 4.91. The van der Waals surface area contributed by atoms with E-state index >= 15 is 0 Å². The number of benzene rings is 2. The standard InChI is InChI=1S/C21H21ClF3N2O3S/c1-15-7-8-16(13-26)20(22)27(15,31(28,29)14-21(23,24)25)17-9-11-19(12-10-17)30-18-5-3-2-4-6-18/h2-12,15H,13-14,26H2,1H3/q+1. The van der Waals surface area contributed by atoms with E-state index in [9.17, 15) is 21.6 Å². The minimum Gasteiger partial charge on any atom is -0.457 e. The van der Waals surface area contributed by atoms with Crippen molar-refractivity contribution >= 4 is 27.3 Å². The summed E-state index contributed by atoms with van der Waals surface area (Å²) in [5, 5.41) is -0.279. The zero-order chi connectivity index (χ0) is 22.9. The van der Waals surface area contributed by atoms with Crippen LogP contribution in [0.25, 0.3) is 0 Å². The fraction of sp³-hybridized carbons (Fsp3) is 0.238. The Hall–Kier alpha value is -2.33. The first-order valence-corrected chi connectivity index (χ1v) is 11.3. The maximum Gasteiger partial charge on any atom is 0.408 e. The van der Waals surface area contributed by atoms with E-state index in [0.717, 1.165) is 0 Å². The molecule has 1 aliphatic rings. The van der Waals surface area contributed by atoms with Gasteiger partial charge >= 0.3 is 16.2 Å². The van der Waals surface area contributed by atoms with Gasteiger partial charge in [-0.2, -0.15) is 21.6 Å². The van der Waals surface area contributed by atoms with Crippen molar-refractivity contribution in [2.45, 2.75) is 19.1 Å². The van der Waals surface area contributed by atoms with E-state index in [4.69, 9.17) is 22.1 Å². The van der Waals surface area contributed by atoms with E-state index in [2.05, 4.69) is 0 Å². The van der Waals surface area contributed by atoms with Crippen LogP contribution < -0.4 is 14.4 Å². The summed E-state index contributed by atoms with van der Waals surface area (Å²) in [6.07, 6.45) is -1.91. The molecule has 5 nitrogen and oxygen atoms in total. The molecule has 2 N–H and O–H groups in total. The van der Waals surface area contributed by atoms with Crippen LogP contribution in [0.4, 0.5) is 18.9 Å². The highest BCUT2D eigenvalue weighted by molar-refractivity contribution is 7.91. The Morgan fingerprint density at radius 3 is 2.19 bits per heavy atom. The molecular formula is C21H21ClF3N2O3S+. The van der Waals surface area contributed by atoms with E-state index in [1.807, 2.05) is 6.07 Å². The highest BCUT2D eigenvalue weighted by atomic mass is 35.5. The molecule has 0 saturated heterocycles. The SMILES string of the molecule is CC1C=CC(CN)=C(Cl)[N+]1(c1ccc(Oc2ccccc2)cc1)S(=O)(=O)CC(F)(F)F. The second-order valence-electron chi connectivity index (χ2n) is 7.03. The molecule has 0 aromatic heterocycles. The number of hydrogen-bond acceptors (Lipinski definition) is 4. The summed E-state index contributed by atoms with van der Waals surface area (Å²) in [6.45, 7) is 1.37. The van der Waals surface area contributed by atoms with Gasteiger partial charge in [0.15, 0.2) is 11.4 Å². The molecule has 31 heavy (non-hydrogen) atoms. The number of halogens is 4. The molecule has 0 spiro atoms. The van der Waals surface area contributed by atoms with E-state index in [1.54, 1.807) is 30.3 Å². The van der Waals surface area contributed by atoms with Crippen molar-refractivity contribution in [2.24, 2.45) is 5.73 Å². The van der Waals surface area contributed by atoms with E-state index < -0.39 is 31.9 Å². The smallest absolute Gasteiger partial charge is 0.408 e. The van der Waals surface area contributed by atoms with Gasteiger partial charge in [-0.1, -0.05) is 18.2 Å². The van der Waals surface area contributed by atoms with Gasteiger partial charge in [-0.3, -0.25) is 0 Å². The predicted molar refractivity (Wildman–Crippen MR) is 115 cm³/mol. The summed E-state index contributed by atoms with van der Waals surface area (Å²) < 4.78 is 70.6. The average molecular weight is 474 g/mol. The maximum absolute atomic E-state index is 13.2. The first-order chi connectivity index (χ1) is 14.5. The highest BCUT2D eigenvalue weighted by Gasteiger charge is 2.57. The molecule has 1 aliphatic heterocycles. The van der Waals surface area contributed by atoms with Crippen molar-refractivity contribution in [3.63, 3.8) is 0 Å². The maximum atomic E-state index is 13.2. The third-order valence-corrected chi connectivity index (χ3v) is 7.82. The highest BCUT2D eigenvalue weighted by Crippen LogP contribution is 2.44. The first-order valence-electron chi connectivity index (χ1n) is 9.30. The Labute approximate surface area is 183 Å². The molecule has 10 heteroatoms. The Kier molecular flexibility index (Phi) is 6.52. The van der Waals surface area contributed by atoms with Gasteiger partial charge in [0, 0.05) is 24.3 Å². The fourth-order valence-corrected chi connectivity index (χ4v) is 6.25. The molecule has 2 atom stereocenters. The van der Waals surface area contributed by atoms with Crippen molar-refractivity contribution in [1.29, 1.82) is 0 Å². The van der Waals surface area contributed by atoms with Gasteiger partial charge in [0.2, 0.25) is 5.16 Å². The lowest BCUT2D eigenvalue weighted by molar-refractivity contribution is -0.106. The summed E-state index contributed by atoms with van der Waals surface area (Å²) in [6, 6.07) is 13.7. The summed E-state index contributed by atoms with van der Waals surface area (Å²) in [5.41, 5.74) is 5.98. The molecule has 0 aliphatic carbocycles. The molecule has 0 fully saturated rings. The van der Waals surface area contributed by atoms with Crippen LogP contribution in [0, 0.1) is 0 Å². The van der Waals surface area contributed by atoms with Crippen LogP contribution >= 0.6 is 11.6 Å². The zero-order valence-corrected chi connectivity index (χ0v) is 18.1. The molecule has 1 heterocycles. The second-order valence-corrected chi connectivity index (χ2v) is 9.41. The molecule has 3 rings (SSSR count). The lowest BCUT2D eigenvalue weighted by Gasteiger charge is -2.41. The predicted octanol–water partition coefficient (Wildman–Crippen LogP) is 5.05. The molecule has 2 unspecified atom stereocenters. The largest absolute Gasteiger partial charge is 0.457 e. The van der Waals surface area contributed by atoms with E-state index in [1.165, 1.54) is 37.3 Å². The lowest BCUT2D eigenvalue weighted by atomic mass is 10.1. The minimum absolute atomic E-state index is 0.0532. The number of nitrogens with zero attached hydrogens (tertiary/aromatic N) is 1. The minimum atomic E-state index is -4.94. The number of alkyl halides is 3. The van der Waals surface area contributed by atoms with Crippen molar-refractivity contribution < 1.29 is 26.3 Å². The summed E-state index contributed by atoms with van der Waals surface area (Å²) in [7, 11) is -4.89. The molecule has 0 radical (unpaired) electrons. The van der Waals surface area contributed by atoms with Gasteiger partial charge in [0.25, 0.3) is 0 Å². The van der Waals surface area contributed by atoms with Crippen LogP contribution in [0.15, 0.2) is 77.5 Å². The molecule has 2 aromatic carbocycles. The van der Waals surface area contributed by atoms with Crippen molar-refractivity contribution in [2.75, 3.05) is 12.3 Å². The Morgan fingerprint density at radius 2 is 1.65 bits per heavy atom. The van der Waals surface area contributed by atoms with Gasteiger partial charge in [-0.25, -0.2) is 0 Å². The summed E-state index contributed by atoms with van der Waals surface area (Å²) in [5.74, 6) is -1.09. The molecule has 0 bridgehead atoms. The van der Waals surface area contributed by atoms with E-state index in [0.29, 0.717) is 11.5 Å². The summed E-state index contributed by atoms with van der Waals surface area (Å²) >= 11 is 6.46. The number of ether oxygens (including phenoxy) is 1. The Morgan fingerprint density at radius 1 is 1.06 bits per heavy atom. The quantitative estimate of drug-likeness (QED) is 0.471. The monoisotopic (exact) mass is 473 g/mol. The zero-order valence-electron chi connectivity index (χ0n) is 16.5. The van der Waals surface area contributed by atoms with Gasteiger partial charge in [0.05, 0.1) is 0 Å². The van der Waals surface area contributed by atoms with Crippen LogP contribution in [-0.4, -0.2) is 32.9 Å². The van der Waals surface area contributed by atoms with Crippen LogP contribution in [0.1, 0.15) is 6.92 Å². The molecule has 0 saturated carbocycles. The number of sulfonamides is 1. The molecular weight excluding hydrogens is 453 g/mol. The Balaban J connectivity index is 2.14. The van der Waals surface area contributed by atoms with Crippen LogP contribution in [0.2, 0.25) is 0 Å². The molecule has 166 valence electrons. The normalized spacial score (nSPS) is 21.9. The number of nitrogens with two attached hydrogens (primary N) is 1. The second kappa shape index (κ2) is 8.66. The lowest BCUT2D eigenvalue weighted by Crippen LogP contribution is -2.60. The fourth-order valence-electron chi connectivity index (χ4n) is 3.54. The van der Waals surface area contributed by atoms with Crippen molar-refractivity contribution in [1.82, 2.24) is 3.89 Å². The topological polar surface area (TPSA) is 69.4 Å². The number of hydrogen-bond donors (Lipinski definition) is 1. The average Bonchev–Trinajstić information content (AvgIpc) is 2.68. The molecule has 2 aromatic rings. The number of para-hydroxylation sites is 1. The third kappa shape index (κ3) is 4.50. The van der Waals surface area contributed by atoms with Crippen molar-refractivity contribution in [3.05, 3.63) is 77.5 Å². The van der Waals surface area contributed by atoms with Gasteiger partial charge < -0.3 is 10.5 Å². The van der Waals surface area contributed by atoms with Gasteiger partial charge in [-0.15, -0.1) is 3.89 Å². The number of rotatable bonds is 6.